The van der Waals surface area contributed by atoms with Gasteiger partial charge >= 0.3 is 0 Å². The quantitative estimate of drug-likeness (QED) is 0.788. The summed E-state index contributed by atoms with van der Waals surface area (Å²) in [6, 6.07) is 10.3. The largest absolute Gasteiger partial charge is 0.382 e. The molecule has 0 saturated carbocycles. The molecule has 21 heavy (non-hydrogen) atoms. The molecule has 0 saturated heterocycles. The summed E-state index contributed by atoms with van der Waals surface area (Å²) in [5, 5.41) is 4.92. The molecule has 0 unspecified atom stereocenters. The van der Waals surface area contributed by atoms with Crippen molar-refractivity contribution in [2.24, 2.45) is 0 Å². The second-order valence-electron chi connectivity index (χ2n) is 4.84. The van der Waals surface area contributed by atoms with Crippen LogP contribution in [-0.2, 0) is 4.74 Å². The minimum Gasteiger partial charge on any atom is -0.382 e. The van der Waals surface area contributed by atoms with Gasteiger partial charge in [-0.25, -0.2) is 0 Å². The van der Waals surface area contributed by atoms with Gasteiger partial charge < -0.3 is 10.1 Å². The van der Waals surface area contributed by atoms with Gasteiger partial charge in [0, 0.05) is 25.3 Å². The van der Waals surface area contributed by atoms with E-state index < -0.39 is 0 Å². The fraction of sp³-hybridized carbons (Fsp3) is 0.353. The summed E-state index contributed by atoms with van der Waals surface area (Å²) >= 11 is 1.48. The maximum atomic E-state index is 12.3. The number of thiophene rings is 1. The Bertz CT molecular complexity index is 575. The Labute approximate surface area is 130 Å². The fourth-order valence-electron chi connectivity index (χ4n) is 2.05. The topological polar surface area (TPSA) is 38.3 Å². The van der Waals surface area contributed by atoms with Gasteiger partial charge in [-0.3, -0.25) is 4.79 Å². The van der Waals surface area contributed by atoms with Gasteiger partial charge in [-0.2, -0.15) is 0 Å². The number of amides is 1. The van der Waals surface area contributed by atoms with Gasteiger partial charge in [0.05, 0.1) is 4.88 Å². The number of aryl methyl sites for hydroxylation is 1. The lowest BCUT2D eigenvalue weighted by atomic mass is 10.0. The summed E-state index contributed by atoms with van der Waals surface area (Å²) in [4.78, 5) is 13.0. The van der Waals surface area contributed by atoms with E-state index in [0.29, 0.717) is 13.2 Å². The van der Waals surface area contributed by atoms with E-state index in [2.05, 4.69) is 36.5 Å². The molecule has 2 rings (SSSR count). The van der Waals surface area contributed by atoms with Gasteiger partial charge in [0.25, 0.3) is 5.91 Å². The third-order valence-electron chi connectivity index (χ3n) is 3.19. The van der Waals surface area contributed by atoms with Gasteiger partial charge in [0.1, 0.15) is 0 Å². The van der Waals surface area contributed by atoms with Crippen molar-refractivity contribution >= 4 is 17.2 Å². The molecule has 0 atom stereocenters. The fourth-order valence-corrected chi connectivity index (χ4v) is 2.88. The maximum absolute atomic E-state index is 12.3. The third kappa shape index (κ3) is 4.41. The molecule has 0 bridgehead atoms. The second kappa shape index (κ2) is 7.96. The van der Waals surface area contributed by atoms with Gasteiger partial charge in [0.15, 0.2) is 0 Å². The Morgan fingerprint density at radius 2 is 2.00 bits per heavy atom. The van der Waals surface area contributed by atoms with Crippen molar-refractivity contribution in [3.63, 3.8) is 0 Å². The number of carbonyl (C=O) groups excluding carboxylic acids is 1. The van der Waals surface area contributed by atoms with Gasteiger partial charge in [-0.1, -0.05) is 29.8 Å². The van der Waals surface area contributed by atoms with Crippen LogP contribution >= 0.6 is 11.3 Å². The Morgan fingerprint density at radius 3 is 2.71 bits per heavy atom. The number of benzene rings is 1. The molecule has 4 heteroatoms. The van der Waals surface area contributed by atoms with Crippen molar-refractivity contribution < 1.29 is 9.53 Å². The van der Waals surface area contributed by atoms with E-state index in [0.717, 1.165) is 29.0 Å². The Balaban J connectivity index is 1.99. The SMILES string of the molecule is CCOCCCNC(=O)c1sccc1-c1ccc(C)cc1. The standard InChI is InChI=1S/C17H21NO2S/c1-3-20-11-4-10-18-17(19)16-15(9-12-21-16)14-7-5-13(2)6-8-14/h5-9,12H,3-4,10-11H2,1-2H3,(H,18,19). The lowest BCUT2D eigenvalue weighted by molar-refractivity contribution is 0.0949. The van der Waals surface area contributed by atoms with Crippen LogP contribution in [0.5, 0.6) is 0 Å². The smallest absolute Gasteiger partial charge is 0.261 e. The average Bonchev–Trinajstić information content (AvgIpc) is 2.97. The highest BCUT2D eigenvalue weighted by Gasteiger charge is 2.13. The number of carbonyl (C=O) groups is 1. The van der Waals surface area contributed by atoms with E-state index >= 15 is 0 Å². The first kappa shape index (κ1) is 15.7. The molecule has 1 aromatic carbocycles. The molecule has 3 nitrogen and oxygen atoms in total. The van der Waals surface area contributed by atoms with Crippen molar-refractivity contribution in [1.29, 1.82) is 0 Å². The second-order valence-corrected chi connectivity index (χ2v) is 5.75. The Morgan fingerprint density at radius 1 is 1.24 bits per heavy atom. The molecule has 112 valence electrons. The Kier molecular flexibility index (Phi) is 5.96. The van der Waals surface area contributed by atoms with Gasteiger partial charge in [-0.05, 0) is 37.3 Å². The highest BCUT2D eigenvalue weighted by atomic mass is 32.1. The summed E-state index contributed by atoms with van der Waals surface area (Å²) in [5.74, 6) is -0.00271. The molecule has 2 aromatic rings. The predicted molar refractivity (Wildman–Crippen MR) is 87.9 cm³/mol. The summed E-state index contributed by atoms with van der Waals surface area (Å²) in [6.07, 6.45) is 0.838. The molecule has 0 fully saturated rings. The zero-order valence-electron chi connectivity index (χ0n) is 12.5. The van der Waals surface area contributed by atoms with E-state index in [4.69, 9.17) is 4.74 Å². The first-order valence-electron chi connectivity index (χ1n) is 7.23. The summed E-state index contributed by atoms with van der Waals surface area (Å²) < 4.78 is 5.26. The number of rotatable bonds is 7. The normalized spacial score (nSPS) is 10.6. The molecule has 1 amide bonds. The highest BCUT2D eigenvalue weighted by Crippen LogP contribution is 2.28. The predicted octanol–water partition coefficient (Wildman–Crippen LogP) is 3.88. The average molecular weight is 303 g/mol. The molecule has 0 aliphatic rings. The van der Waals surface area contributed by atoms with Crippen LogP contribution in [0.2, 0.25) is 0 Å². The molecule has 1 N–H and O–H groups in total. The van der Waals surface area contributed by atoms with Crippen molar-refractivity contribution in [3.8, 4) is 11.1 Å². The van der Waals surface area contributed by atoms with Gasteiger partial charge in [-0.15, -0.1) is 11.3 Å². The van der Waals surface area contributed by atoms with Crippen molar-refractivity contribution in [2.75, 3.05) is 19.8 Å². The lowest BCUT2D eigenvalue weighted by Crippen LogP contribution is -2.24. The van der Waals surface area contributed by atoms with E-state index in [-0.39, 0.29) is 5.91 Å². The van der Waals surface area contributed by atoms with E-state index in [1.165, 1.54) is 16.9 Å². The van der Waals surface area contributed by atoms with Crippen LogP contribution < -0.4 is 5.32 Å². The maximum Gasteiger partial charge on any atom is 0.261 e. The zero-order chi connectivity index (χ0) is 15.1. The minimum atomic E-state index is -0.00271. The van der Waals surface area contributed by atoms with Crippen LogP contribution in [0.3, 0.4) is 0 Å². The van der Waals surface area contributed by atoms with Crippen LogP contribution in [-0.4, -0.2) is 25.7 Å². The highest BCUT2D eigenvalue weighted by molar-refractivity contribution is 7.12. The van der Waals surface area contributed by atoms with Crippen LogP contribution in [0.4, 0.5) is 0 Å². The molecule has 0 aliphatic heterocycles. The number of nitrogens with one attached hydrogen (secondary N) is 1. The molecular formula is C17H21NO2S. The minimum absolute atomic E-state index is 0.00271. The van der Waals surface area contributed by atoms with Crippen molar-refractivity contribution in [2.45, 2.75) is 20.3 Å². The van der Waals surface area contributed by atoms with Crippen LogP contribution in [0.1, 0.15) is 28.6 Å². The first-order valence-corrected chi connectivity index (χ1v) is 8.10. The molecule has 0 spiro atoms. The number of hydrogen-bond acceptors (Lipinski definition) is 3. The molecule has 1 heterocycles. The summed E-state index contributed by atoms with van der Waals surface area (Å²) in [7, 11) is 0. The van der Waals surface area contributed by atoms with Gasteiger partial charge in [0.2, 0.25) is 0 Å². The van der Waals surface area contributed by atoms with Crippen molar-refractivity contribution in [3.05, 3.63) is 46.2 Å². The van der Waals surface area contributed by atoms with E-state index in [9.17, 15) is 4.79 Å². The summed E-state index contributed by atoms with van der Waals surface area (Å²) in [5.41, 5.74) is 3.31. The molecule has 0 aliphatic carbocycles. The first-order chi connectivity index (χ1) is 10.2. The monoisotopic (exact) mass is 303 g/mol. The van der Waals surface area contributed by atoms with Crippen molar-refractivity contribution in [1.82, 2.24) is 5.32 Å². The van der Waals surface area contributed by atoms with Crippen LogP contribution in [0.25, 0.3) is 11.1 Å². The number of ether oxygens (including phenoxy) is 1. The Hall–Kier alpha value is -1.65. The van der Waals surface area contributed by atoms with Crippen LogP contribution in [0.15, 0.2) is 35.7 Å². The lowest BCUT2D eigenvalue weighted by Gasteiger charge is -2.07. The van der Waals surface area contributed by atoms with Crippen LogP contribution in [0, 0.1) is 6.92 Å². The zero-order valence-corrected chi connectivity index (χ0v) is 13.3. The molecular weight excluding hydrogens is 282 g/mol. The summed E-state index contributed by atoms with van der Waals surface area (Å²) in [6.45, 7) is 6.08. The molecule has 1 aromatic heterocycles. The number of hydrogen-bond donors (Lipinski definition) is 1. The molecule has 0 radical (unpaired) electrons. The van der Waals surface area contributed by atoms with E-state index in [1.807, 2.05) is 18.4 Å². The van der Waals surface area contributed by atoms with E-state index in [1.54, 1.807) is 0 Å². The third-order valence-corrected chi connectivity index (χ3v) is 4.10.